The van der Waals surface area contributed by atoms with Crippen LogP contribution in [0.5, 0.6) is 0 Å². The number of hydrogen-bond donors (Lipinski definition) is 1. The van der Waals surface area contributed by atoms with Gasteiger partial charge in [0.2, 0.25) is 0 Å². The zero-order valence-electron chi connectivity index (χ0n) is 10.8. The number of hydrogen-bond acceptors (Lipinski definition) is 4. The number of benzene rings is 1. The van der Waals surface area contributed by atoms with Gasteiger partial charge in [-0.1, -0.05) is 18.0 Å². The minimum atomic E-state index is -0.353. The molecule has 0 amide bonds. The van der Waals surface area contributed by atoms with E-state index in [1.165, 1.54) is 18.9 Å². The van der Waals surface area contributed by atoms with Crippen LogP contribution in [0.3, 0.4) is 0 Å². The molecule has 2 unspecified atom stereocenters. The van der Waals surface area contributed by atoms with E-state index in [1.54, 1.807) is 12.1 Å². The molecule has 0 radical (unpaired) electrons. The van der Waals surface area contributed by atoms with Gasteiger partial charge in [0.1, 0.15) is 0 Å². The normalized spacial score (nSPS) is 22.6. The van der Waals surface area contributed by atoms with Gasteiger partial charge in [-0.25, -0.2) is 0 Å². The summed E-state index contributed by atoms with van der Waals surface area (Å²) in [6.07, 6.45) is 5.70. The molecule has 104 valence electrons. The second-order valence-corrected chi connectivity index (χ2v) is 6.24. The lowest BCUT2D eigenvalue weighted by atomic mass is 10.1. The van der Waals surface area contributed by atoms with Crippen molar-refractivity contribution in [2.45, 2.75) is 37.1 Å². The van der Waals surface area contributed by atoms with Crippen molar-refractivity contribution in [3.63, 3.8) is 0 Å². The highest BCUT2D eigenvalue weighted by atomic mass is 35.5. The number of thioether (sulfide) groups is 1. The van der Waals surface area contributed by atoms with Crippen LogP contribution in [0.15, 0.2) is 18.2 Å². The topological polar surface area (TPSA) is 55.2 Å². The van der Waals surface area contributed by atoms with E-state index in [1.807, 2.05) is 11.8 Å². The molecule has 0 heterocycles. The zero-order chi connectivity index (χ0) is 13.8. The first-order valence-electron chi connectivity index (χ1n) is 6.31. The van der Waals surface area contributed by atoms with E-state index in [4.69, 9.17) is 11.6 Å². The van der Waals surface area contributed by atoms with Crippen LogP contribution in [0, 0.1) is 10.1 Å². The fourth-order valence-corrected chi connectivity index (χ4v) is 3.71. The fraction of sp³-hybridized carbons (Fsp3) is 0.538. The lowest BCUT2D eigenvalue weighted by Crippen LogP contribution is -2.33. The Balaban J connectivity index is 2.06. The summed E-state index contributed by atoms with van der Waals surface area (Å²) in [4.78, 5) is 10.6. The number of nitro groups is 1. The first kappa shape index (κ1) is 14.6. The molecule has 1 aliphatic rings. The molecular weight excluding hydrogens is 284 g/mol. The number of rotatable bonds is 5. The average Bonchev–Trinajstić information content (AvgIpc) is 2.83. The summed E-state index contributed by atoms with van der Waals surface area (Å²) < 4.78 is 0. The van der Waals surface area contributed by atoms with Crippen molar-refractivity contribution in [2.75, 3.05) is 6.26 Å². The molecule has 2 atom stereocenters. The summed E-state index contributed by atoms with van der Waals surface area (Å²) in [5.74, 6) is 0. The van der Waals surface area contributed by atoms with E-state index < -0.39 is 0 Å². The van der Waals surface area contributed by atoms with Gasteiger partial charge in [-0.15, -0.1) is 0 Å². The van der Waals surface area contributed by atoms with Crippen LogP contribution < -0.4 is 5.32 Å². The lowest BCUT2D eigenvalue weighted by molar-refractivity contribution is -0.385. The predicted octanol–water partition coefficient (Wildman–Crippen LogP) is 3.62. The van der Waals surface area contributed by atoms with Gasteiger partial charge in [-0.05, 0) is 31.2 Å². The molecule has 1 saturated carbocycles. The van der Waals surface area contributed by atoms with Crippen molar-refractivity contribution in [3.8, 4) is 0 Å². The molecule has 2 rings (SSSR count). The van der Waals surface area contributed by atoms with Gasteiger partial charge in [-0.2, -0.15) is 11.8 Å². The maximum atomic E-state index is 11.0. The summed E-state index contributed by atoms with van der Waals surface area (Å²) in [5, 5.41) is 15.6. The molecule has 0 saturated heterocycles. The van der Waals surface area contributed by atoms with Crippen LogP contribution in [-0.4, -0.2) is 22.5 Å². The Morgan fingerprint density at radius 2 is 2.32 bits per heavy atom. The Hall–Kier alpha value is -0.780. The van der Waals surface area contributed by atoms with Crippen LogP contribution in [0.4, 0.5) is 5.69 Å². The van der Waals surface area contributed by atoms with Crippen molar-refractivity contribution in [3.05, 3.63) is 38.9 Å². The maximum absolute atomic E-state index is 11.0. The lowest BCUT2D eigenvalue weighted by Gasteiger charge is -2.19. The molecule has 4 nitrogen and oxygen atoms in total. The van der Waals surface area contributed by atoms with Gasteiger partial charge in [-0.3, -0.25) is 10.1 Å². The number of nitrogens with one attached hydrogen (secondary N) is 1. The first-order valence-corrected chi connectivity index (χ1v) is 7.97. The Kier molecular flexibility index (Phi) is 5.07. The highest BCUT2D eigenvalue weighted by molar-refractivity contribution is 7.99. The minimum Gasteiger partial charge on any atom is -0.309 e. The first-order chi connectivity index (χ1) is 9.11. The molecule has 1 N–H and O–H groups in total. The molecular formula is C13H17ClN2O2S. The van der Waals surface area contributed by atoms with E-state index in [0.29, 0.717) is 28.4 Å². The monoisotopic (exact) mass is 300 g/mol. The van der Waals surface area contributed by atoms with Crippen LogP contribution in [0.25, 0.3) is 0 Å². The Labute approximate surface area is 122 Å². The van der Waals surface area contributed by atoms with Gasteiger partial charge in [0.25, 0.3) is 5.69 Å². The molecule has 0 bridgehead atoms. The number of nitro benzene ring substituents is 1. The van der Waals surface area contributed by atoms with Crippen molar-refractivity contribution in [1.29, 1.82) is 0 Å². The number of nitrogens with zero attached hydrogens (tertiary/aromatic N) is 1. The average molecular weight is 301 g/mol. The summed E-state index contributed by atoms with van der Waals surface area (Å²) >= 11 is 7.79. The third-order valence-electron chi connectivity index (χ3n) is 3.55. The molecule has 0 aliphatic heterocycles. The molecule has 1 aromatic rings. The van der Waals surface area contributed by atoms with Crippen molar-refractivity contribution in [2.24, 2.45) is 0 Å². The molecule has 0 spiro atoms. The molecule has 0 aromatic heterocycles. The molecule has 6 heteroatoms. The highest BCUT2D eigenvalue weighted by Gasteiger charge is 2.26. The van der Waals surface area contributed by atoms with Gasteiger partial charge in [0.05, 0.1) is 4.92 Å². The van der Waals surface area contributed by atoms with Gasteiger partial charge in [0, 0.05) is 34.5 Å². The third kappa shape index (κ3) is 3.61. The van der Waals surface area contributed by atoms with Crippen molar-refractivity contribution < 1.29 is 4.92 Å². The van der Waals surface area contributed by atoms with Crippen LogP contribution in [-0.2, 0) is 6.54 Å². The zero-order valence-corrected chi connectivity index (χ0v) is 12.3. The van der Waals surface area contributed by atoms with Crippen molar-refractivity contribution >= 4 is 29.1 Å². The van der Waals surface area contributed by atoms with Gasteiger partial charge < -0.3 is 5.32 Å². The van der Waals surface area contributed by atoms with Gasteiger partial charge >= 0.3 is 0 Å². The second-order valence-electron chi connectivity index (χ2n) is 4.72. The molecule has 19 heavy (non-hydrogen) atoms. The smallest absolute Gasteiger partial charge is 0.273 e. The standard InChI is InChI=1S/C13H17ClN2O2S/c1-19-13-4-2-3-11(13)15-8-9-7-10(14)5-6-12(9)16(17)18/h5-7,11,13,15H,2-4,8H2,1H3. The van der Waals surface area contributed by atoms with E-state index >= 15 is 0 Å². The third-order valence-corrected chi connectivity index (χ3v) is 4.95. The predicted molar refractivity (Wildman–Crippen MR) is 79.9 cm³/mol. The summed E-state index contributed by atoms with van der Waals surface area (Å²) in [5.41, 5.74) is 0.792. The fourth-order valence-electron chi connectivity index (χ4n) is 2.56. The Morgan fingerprint density at radius 3 is 3.00 bits per heavy atom. The summed E-state index contributed by atoms with van der Waals surface area (Å²) in [7, 11) is 0. The Bertz CT molecular complexity index is 470. The molecule has 1 aliphatic carbocycles. The summed E-state index contributed by atoms with van der Waals surface area (Å²) in [6, 6.07) is 5.15. The van der Waals surface area contributed by atoms with E-state index in [-0.39, 0.29) is 10.6 Å². The quantitative estimate of drug-likeness (QED) is 0.666. The molecule has 1 fully saturated rings. The Morgan fingerprint density at radius 1 is 1.53 bits per heavy atom. The SMILES string of the molecule is CSC1CCCC1NCc1cc(Cl)ccc1[N+](=O)[O-]. The van der Waals surface area contributed by atoms with Crippen molar-refractivity contribution in [1.82, 2.24) is 5.32 Å². The van der Waals surface area contributed by atoms with Crippen LogP contribution >= 0.6 is 23.4 Å². The van der Waals surface area contributed by atoms with Crippen LogP contribution in [0.2, 0.25) is 5.02 Å². The maximum Gasteiger partial charge on any atom is 0.273 e. The number of halogens is 1. The summed E-state index contributed by atoms with van der Waals surface area (Å²) in [6.45, 7) is 0.499. The van der Waals surface area contributed by atoms with Crippen LogP contribution in [0.1, 0.15) is 24.8 Å². The van der Waals surface area contributed by atoms with E-state index in [0.717, 1.165) is 6.42 Å². The molecule has 1 aromatic carbocycles. The largest absolute Gasteiger partial charge is 0.309 e. The van der Waals surface area contributed by atoms with E-state index in [2.05, 4.69) is 11.6 Å². The minimum absolute atomic E-state index is 0.135. The van der Waals surface area contributed by atoms with E-state index in [9.17, 15) is 10.1 Å². The van der Waals surface area contributed by atoms with Gasteiger partial charge in [0.15, 0.2) is 0 Å². The highest BCUT2D eigenvalue weighted by Crippen LogP contribution is 2.29. The second kappa shape index (κ2) is 6.59.